The largest absolute Gasteiger partial charge is 0.395 e. The van der Waals surface area contributed by atoms with E-state index in [0.29, 0.717) is 13.2 Å². The third-order valence-corrected chi connectivity index (χ3v) is 2.17. The smallest absolute Gasteiger partial charge is 0.272 e. The van der Waals surface area contributed by atoms with Gasteiger partial charge in [-0.25, -0.2) is 9.37 Å². The van der Waals surface area contributed by atoms with Crippen LogP contribution < -0.4 is 0 Å². The molecule has 0 radical (unpaired) electrons. The number of aliphatic hydroxyl groups excluding tert-OH is 1. The summed E-state index contributed by atoms with van der Waals surface area (Å²) in [5.74, 6) is -0.844. The van der Waals surface area contributed by atoms with Crippen LogP contribution in [-0.2, 0) is 4.74 Å². The van der Waals surface area contributed by atoms with Crippen molar-refractivity contribution in [1.29, 1.82) is 0 Å². The standard InChI is InChI=1S/C11H15FN2O3/c1-17-7-5-14(4-6-15)11(16)10-3-2-9(12)8-13-10/h2-3,8,15H,4-7H2,1H3. The molecule has 0 unspecified atom stereocenters. The fourth-order valence-electron chi connectivity index (χ4n) is 1.30. The van der Waals surface area contributed by atoms with Gasteiger partial charge >= 0.3 is 0 Å². The number of nitrogens with zero attached hydrogens (tertiary/aromatic N) is 2. The molecule has 0 aliphatic heterocycles. The Morgan fingerprint density at radius 3 is 2.82 bits per heavy atom. The molecule has 0 aliphatic rings. The second-order valence-corrected chi connectivity index (χ2v) is 3.37. The number of ether oxygens (including phenoxy) is 1. The van der Waals surface area contributed by atoms with Crippen LogP contribution in [0.1, 0.15) is 10.5 Å². The topological polar surface area (TPSA) is 62.7 Å². The summed E-state index contributed by atoms with van der Waals surface area (Å²) in [6, 6.07) is 2.49. The summed E-state index contributed by atoms with van der Waals surface area (Å²) in [6.07, 6.45) is 0.987. The van der Waals surface area contributed by atoms with E-state index in [1.54, 1.807) is 0 Å². The van der Waals surface area contributed by atoms with Gasteiger partial charge in [0.25, 0.3) is 5.91 Å². The number of rotatable bonds is 6. The summed E-state index contributed by atoms with van der Waals surface area (Å²) in [5.41, 5.74) is 0.149. The molecule has 1 aromatic heterocycles. The third-order valence-electron chi connectivity index (χ3n) is 2.17. The van der Waals surface area contributed by atoms with Gasteiger partial charge in [0.2, 0.25) is 0 Å². The molecular formula is C11H15FN2O3. The van der Waals surface area contributed by atoms with E-state index in [2.05, 4.69) is 4.98 Å². The molecule has 1 heterocycles. The molecule has 1 aromatic rings. The maximum atomic E-state index is 12.7. The van der Waals surface area contributed by atoms with Crippen molar-refractivity contribution in [1.82, 2.24) is 9.88 Å². The lowest BCUT2D eigenvalue weighted by Gasteiger charge is -2.20. The average Bonchev–Trinajstić information content (AvgIpc) is 2.34. The molecule has 17 heavy (non-hydrogen) atoms. The van der Waals surface area contributed by atoms with Gasteiger partial charge < -0.3 is 14.7 Å². The predicted molar refractivity (Wildman–Crippen MR) is 59.1 cm³/mol. The molecule has 1 rings (SSSR count). The SMILES string of the molecule is COCCN(CCO)C(=O)c1ccc(F)cn1. The zero-order valence-corrected chi connectivity index (χ0v) is 9.60. The Bertz CT molecular complexity index is 356. The minimum atomic E-state index is -0.493. The van der Waals surface area contributed by atoms with Gasteiger partial charge in [-0.05, 0) is 12.1 Å². The molecule has 6 heteroatoms. The van der Waals surface area contributed by atoms with Gasteiger partial charge in [-0.1, -0.05) is 0 Å². The van der Waals surface area contributed by atoms with Crippen molar-refractivity contribution >= 4 is 5.91 Å². The van der Waals surface area contributed by atoms with Crippen LogP contribution in [0.15, 0.2) is 18.3 Å². The van der Waals surface area contributed by atoms with E-state index < -0.39 is 5.82 Å². The Hall–Kier alpha value is -1.53. The van der Waals surface area contributed by atoms with Crippen molar-refractivity contribution in [3.05, 3.63) is 29.8 Å². The van der Waals surface area contributed by atoms with Crippen LogP contribution in [0.4, 0.5) is 4.39 Å². The number of hydrogen-bond donors (Lipinski definition) is 1. The molecule has 5 nitrogen and oxygen atoms in total. The van der Waals surface area contributed by atoms with Crippen molar-refractivity contribution < 1.29 is 19.0 Å². The first-order chi connectivity index (χ1) is 8.19. The molecule has 0 aliphatic carbocycles. The quantitative estimate of drug-likeness (QED) is 0.779. The van der Waals surface area contributed by atoms with E-state index in [1.165, 1.54) is 24.1 Å². The molecule has 1 N–H and O–H groups in total. The number of amides is 1. The molecule has 94 valence electrons. The lowest BCUT2D eigenvalue weighted by Crippen LogP contribution is -2.36. The number of aliphatic hydroxyl groups is 1. The van der Waals surface area contributed by atoms with Crippen LogP contribution in [0.2, 0.25) is 0 Å². The maximum absolute atomic E-state index is 12.7. The second-order valence-electron chi connectivity index (χ2n) is 3.37. The van der Waals surface area contributed by atoms with Crippen molar-refractivity contribution in [2.24, 2.45) is 0 Å². The first kappa shape index (κ1) is 13.5. The van der Waals surface area contributed by atoms with E-state index >= 15 is 0 Å². The Balaban J connectivity index is 2.72. The number of hydrogen-bond acceptors (Lipinski definition) is 4. The lowest BCUT2D eigenvalue weighted by atomic mass is 10.3. The first-order valence-corrected chi connectivity index (χ1v) is 5.19. The fraction of sp³-hybridized carbons (Fsp3) is 0.455. The van der Waals surface area contributed by atoms with Gasteiger partial charge in [0.15, 0.2) is 0 Å². The number of pyridine rings is 1. The summed E-state index contributed by atoms with van der Waals surface area (Å²) < 4.78 is 17.5. The summed E-state index contributed by atoms with van der Waals surface area (Å²) in [4.78, 5) is 17.0. The first-order valence-electron chi connectivity index (χ1n) is 5.19. The minimum Gasteiger partial charge on any atom is -0.395 e. The Kier molecular flexibility index (Phi) is 5.51. The van der Waals surface area contributed by atoms with E-state index in [-0.39, 0.29) is 24.8 Å². The number of methoxy groups -OCH3 is 1. The summed E-state index contributed by atoms with van der Waals surface area (Å²) in [6.45, 7) is 0.778. The maximum Gasteiger partial charge on any atom is 0.272 e. The van der Waals surface area contributed by atoms with Crippen LogP contribution in [0, 0.1) is 5.82 Å². The number of halogens is 1. The molecular weight excluding hydrogens is 227 g/mol. The highest BCUT2D eigenvalue weighted by Gasteiger charge is 2.16. The molecule has 0 atom stereocenters. The Morgan fingerprint density at radius 2 is 2.29 bits per heavy atom. The Labute approximate surface area is 98.8 Å². The van der Waals surface area contributed by atoms with Gasteiger partial charge in [0, 0.05) is 20.2 Å². The summed E-state index contributed by atoms with van der Waals surface area (Å²) >= 11 is 0. The number of aromatic nitrogens is 1. The summed E-state index contributed by atoms with van der Waals surface area (Å²) in [5, 5.41) is 8.86. The molecule has 0 fully saturated rings. The highest BCUT2D eigenvalue weighted by atomic mass is 19.1. The van der Waals surface area contributed by atoms with E-state index in [1.807, 2.05) is 0 Å². The highest BCUT2D eigenvalue weighted by Crippen LogP contribution is 2.03. The van der Waals surface area contributed by atoms with Crippen LogP contribution in [0.5, 0.6) is 0 Å². The second kappa shape index (κ2) is 6.93. The zero-order chi connectivity index (χ0) is 12.7. The van der Waals surface area contributed by atoms with E-state index in [4.69, 9.17) is 9.84 Å². The van der Waals surface area contributed by atoms with Crippen molar-refractivity contribution in [3.63, 3.8) is 0 Å². The van der Waals surface area contributed by atoms with Crippen molar-refractivity contribution in [2.75, 3.05) is 33.4 Å². The van der Waals surface area contributed by atoms with Gasteiger partial charge in [-0.3, -0.25) is 4.79 Å². The molecule has 1 amide bonds. The van der Waals surface area contributed by atoms with Gasteiger partial charge in [-0.2, -0.15) is 0 Å². The zero-order valence-electron chi connectivity index (χ0n) is 9.60. The van der Waals surface area contributed by atoms with Gasteiger partial charge in [-0.15, -0.1) is 0 Å². The van der Waals surface area contributed by atoms with Crippen LogP contribution in [-0.4, -0.2) is 54.3 Å². The van der Waals surface area contributed by atoms with E-state index in [9.17, 15) is 9.18 Å². The van der Waals surface area contributed by atoms with Crippen molar-refractivity contribution in [2.45, 2.75) is 0 Å². The van der Waals surface area contributed by atoms with Gasteiger partial charge in [0.05, 0.1) is 19.4 Å². The minimum absolute atomic E-state index is 0.142. The third kappa shape index (κ3) is 4.08. The van der Waals surface area contributed by atoms with Crippen LogP contribution in [0.3, 0.4) is 0 Å². The predicted octanol–water partition coefficient (Wildman–Crippen LogP) is 0.302. The van der Waals surface area contributed by atoms with Gasteiger partial charge in [0.1, 0.15) is 11.5 Å². The summed E-state index contributed by atoms with van der Waals surface area (Å²) in [7, 11) is 1.53. The van der Waals surface area contributed by atoms with Crippen LogP contribution in [0.25, 0.3) is 0 Å². The van der Waals surface area contributed by atoms with Crippen LogP contribution >= 0.6 is 0 Å². The average molecular weight is 242 g/mol. The van der Waals surface area contributed by atoms with Crippen molar-refractivity contribution in [3.8, 4) is 0 Å². The fourth-order valence-corrected chi connectivity index (χ4v) is 1.30. The molecule has 0 saturated heterocycles. The van der Waals surface area contributed by atoms with E-state index in [0.717, 1.165) is 6.20 Å². The normalized spacial score (nSPS) is 10.3. The highest BCUT2D eigenvalue weighted by molar-refractivity contribution is 5.92. The molecule has 0 aromatic carbocycles. The molecule has 0 bridgehead atoms. The Morgan fingerprint density at radius 1 is 1.53 bits per heavy atom. The molecule has 0 saturated carbocycles. The number of carbonyl (C=O) groups excluding carboxylic acids is 1. The number of carbonyl (C=O) groups is 1. The monoisotopic (exact) mass is 242 g/mol. The molecule has 0 spiro atoms. The lowest BCUT2D eigenvalue weighted by molar-refractivity contribution is 0.0650.